The Balaban J connectivity index is 0.000000643. The molecule has 2 aromatic carbocycles. The van der Waals surface area contributed by atoms with Crippen molar-refractivity contribution in [3.8, 4) is 11.1 Å². The Bertz CT molecular complexity index is 1440. The number of rotatable bonds is 5. The molecule has 0 bridgehead atoms. The van der Waals surface area contributed by atoms with Crippen LogP contribution in [0.25, 0.3) is 16.3 Å². The summed E-state index contributed by atoms with van der Waals surface area (Å²) >= 11 is -0.556. The molecule has 5 heteroatoms. The van der Waals surface area contributed by atoms with E-state index in [1.165, 1.54) is 102 Å². The molecule has 1 saturated carbocycles. The third-order valence-electron chi connectivity index (χ3n) is 13.0. The van der Waals surface area contributed by atoms with Crippen LogP contribution in [0.3, 0.4) is 0 Å². The molecule has 49 heavy (non-hydrogen) atoms. The van der Waals surface area contributed by atoms with Crippen molar-refractivity contribution in [3.63, 3.8) is 0 Å². The van der Waals surface area contributed by atoms with Crippen molar-refractivity contribution in [1.29, 1.82) is 0 Å². The van der Waals surface area contributed by atoms with E-state index in [1.807, 2.05) is 0 Å². The van der Waals surface area contributed by atoms with Gasteiger partial charge in [-0.2, -0.15) is 0 Å². The van der Waals surface area contributed by atoms with Crippen molar-refractivity contribution < 1.29 is 17.0 Å². The maximum absolute atomic E-state index is 13.3. The van der Waals surface area contributed by atoms with E-state index in [4.69, 9.17) is 18.6 Å². The second-order valence-corrected chi connectivity index (χ2v) is 25.4. The van der Waals surface area contributed by atoms with Crippen LogP contribution in [0.1, 0.15) is 181 Å². The molecule has 274 valence electrons. The van der Waals surface area contributed by atoms with Gasteiger partial charge < -0.3 is 12.6 Å². The van der Waals surface area contributed by atoms with Gasteiger partial charge >= 0.3 is 35.6 Å². The maximum atomic E-state index is 13.3. The van der Waals surface area contributed by atoms with E-state index >= 15 is 0 Å². The first-order valence-electron chi connectivity index (χ1n) is 18.8. The zero-order valence-corrected chi connectivity index (χ0v) is 37.4. The van der Waals surface area contributed by atoms with Gasteiger partial charge in [0.25, 0.3) is 0 Å². The van der Waals surface area contributed by atoms with Gasteiger partial charge in [0.1, 0.15) is 0 Å². The van der Waals surface area contributed by atoms with Gasteiger partial charge in [-0.1, -0.05) is 133 Å². The van der Waals surface area contributed by atoms with Gasteiger partial charge in [-0.15, -0.1) is 6.58 Å². The second kappa shape index (κ2) is 15.6. The molecule has 0 aromatic heterocycles. The molecule has 0 amide bonds. The molecule has 2 aromatic rings. The second-order valence-electron chi connectivity index (χ2n) is 18.5. The Morgan fingerprint density at radius 2 is 0.898 bits per heavy atom. The van der Waals surface area contributed by atoms with E-state index in [0.29, 0.717) is 0 Å². The summed E-state index contributed by atoms with van der Waals surface area (Å²) in [6, 6.07) is 10.3. The predicted molar refractivity (Wildman–Crippen MR) is 220 cm³/mol. The fourth-order valence-electron chi connectivity index (χ4n) is 9.83. The van der Waals surface area contributed by atoms with E-state index in [9.17, 15) is 5.16 Å². The molecule has 4 aliphatic rings. The molecule has 6 rings (SSSR count). The Hall–Kier alpha value is -0.296. The molecule has 0 unspecified atom stereocenters. The van der Waals surface area contributed by atoms with Crippen LogP contribution in [-0.4, -0.2) is 11.3 Å². The SMILES string of the molecule is C1CCCC1.C=CCC1(P(=[N-])(C(C)C)C(C)C)c2cc3c(cc2-c2cc4c(cc21)C(C)(C)CCC4(C)C)C(C)(C)CCC3(C)C.[CH3-].[Cl][Ti][Cl]. The molecular formula is C44H68Cl2NPTi-2. The molecule has 0 radical (unpaired) electrons. The topological polar surface area (TPSA) is 22.3 Å². The van der Waals surface area contributed by atoms with Crippen LogP contribution in [0.4, 0.5) is 0 Å². The van der Waals surface area contributed by atoms with E-state index < -0.39 is 29.2 Å². The van der Waals surface area contributed by atoms with Crippen LogP contribution >= 0.6 is 25.7 Å². The van der Waals surface area contributed by atoms with Crippen LogP contribution in [0.15, 0.2) is 36.9 Å². The van der Waals surface area contributed by atoms with Crippen LogP contribution in [0, 0.1) is 7.43 Å². The Morgan fingerprint density at radius 3 is 1.14 bits per heavy atom. The predicted octanol–water partition coefficient (Wildman–Crippen LogP) is 15.5. The van der Waals surface area contributed by atoms with Crippen molar-refractivity contribution in [2.75, 3.05) is 0 Å². The zero-order valence-electron chi connectivity index (χ0n) is 33.5. The fourth-order valence-corrected chi connectivity index (χ4v) is 14.3. The number of hydrogen-bond donors (Lipinski definition) is 0. The van der Waals surface area contributed by atoms with E-state index in [0.717, 1.165) is 6.42 Å². The van der Waals surface area contributed by atoms with Gasteiger partial charge in [-0.25, -0.2) is 7.05 Å². The molecule has 0 saturated heterocycles. The van der Waals surface area contributed by atoms with Crippen molar-refractivity contribution in [3.05, 3.63) is 82.9 Å². The summed E-state index contributed by atoms with van der Waals surface area (Å²) in [6.45, 7) is 32.9. The van der Waals surface area contributed by atoms with Crippen molar-refractivity contribution in [2.24, 2.45) is 0 Å². The van der Waals surface area contributed by atoms with Gasteiger partial charge in [0.05, 0.1) is 0 Å². The molecule has 0 spiro atoms. The third-order valence-corrected chi connectivity index (χ3v) is 18.1. The average Bonchev–Trinajstić information content (AvgIpc) is 3.67. The van der Waals surface area contributed by atoms with Crippen LogP contribution in [-0.2, 0) is 43.8 Å². The summed E-state index contributed by atoms with van der Waals surface area (Å²) in [5, 5.41) is 12.8. The van der Waals surface area contributed by atoms with Crippen LogP contribution in [0.2, 0.25) is 0 Å². The first kappa shape index (κ1) is 43.1. The molecule has 0 aliphatic heterocycles. The average molecular weight is 761 g/mol. The number of nitrogens with zero attached hydrogens (tertiary/aromatic N) is 1. The van der Waals surface area contributed by atoms with Crippen molar-refractivity contribution >= 4 is 25.7 Å². The van der Waals surface area contributed by atoms with Gasteiger partial charge in [0.15, 0.2) is 0 Å². The summed E-state index contributed by atoms with van der Waals surface area (Å²) in [5.74, 6) is 0. The monoisotopic (exact) mass is 759 g/mol. The van der Waals surface area contributed by atoms with Gasteiger partial charge in [-0.05, 0) is 122 Å². The molecule has 0 heterocycles. The van der Waals surface area contributed by atoms with E-state index in [-0.39, 0.29) is 40.4 Å². The van der Waals surface area contributed by atoms with E-state index in [1.54, 1.807) is 0 Å². The molecular weight excluding hydrogens is 692 g/mol. The normalized spacial score (nSPS) is 21.4. The summed E-state index contributed by atoms with van der Waals surface area (Å²) in [6.07, 6.45) is 15.2. The number of halogens is 2. The number of allylic oxidation sites excluding steroid dienone is 1. The first-order chi connectivity index (χ1) is 22.2. The number of hydrogen-bond acceptors (Lipinski definition) is 0. The quantitative estimate of drug-likeness (QED) is 0.125. The summed E-state index contributed by atoms with van der Waals surface area (Å²) in [7, 11) is 7.21. The summed E-state index contributed by atoms with van der Waals surface area (Å²) in [5.41, 5.74) is 12.4. The minimum atomic E-state index is -2.56. The summed E-state index contributed by atoms with van der Waals surface area (Å²) < 4.78 is 0. The molecule has 1 fully saturated rings. The molecule has 4 aliphatic carbocycles. The Labute approximate surface area is 320 Å². The fraction of sp³-hybridized carbons (Fsp3) is 0.659. The zero-order chi connectivity index (χ0) is 36.1. The van der Waals surface area contributed by atoms with Gasteiger partial charge in [0, 0.05) is 5.16 Å². The standard InChI is InChI=1S/C38H55NP.C5H10.CH3.2ClH.Ti/c1-14-15-38(40(39,24(2)3)25(4)5)28-22-32-30(34(6,7)16-18-36(32,10)11)20-26(28)27-21-31-33(23-29(27)38)37(12,13)19-17-35(31,8)9;1-2-4-5-3-1;;;;/h14,20-25H,1,15-19H2,2-13H3;1-5H2;1H3;2*1H;/q-1;;-1;;;+2/p-2. The molecule has 0 atom stereocenters. The Morgan fingerprint density at radius 1 is 0.633 bits per heavy atom. The van der Waals surface area contributed by atoms with Crippen molar-refractivity contribution in [1.82, 2.24) is 0 Å². The van der Waals surface area contributed by atoms with Crippen LogP contribution < -0.4 is 0 Å². The van der Waals surface area contributed by atoms with E-state index in [2.05, 4.69) is 120 Å². The number of benzene rings is 2. The molecule has 1 nitrogen and oxygen atoms in total. The number of fused-ring (bicyclic) bond motifs is 5. The Kier molecular flexibility index (Phi) is 13.7. The summed E-state index contributed by atoms with van der Waals surface area (Å²) in [4.78, 5) is 0. The molecule has 0 N–H and O–H groups in total. The van der Waals surface area contributed by atoms with Gasteiger partial charge in [-0.3, -0.25) is 0 Å². The van der Waals surface area contributed by atoms with Crippen LogP contribution in [0.5, 0.6) is 0 Å². The first-order valence-corrected chi connectivity index (χ1v) is 24.9. The third kappa shape index (κ3) is 7.44. The van der Waals surface area contributed by atoms with Gasteiger partial charge in [0.2, 0.25) is 0 Å². The van der Waals surface area contributed by atoms with Crippen molar-refractivity contribution in [2.45, 2.75) is 185 Å². The minimum absolute atomic E-state index is 0.